The summed E-state index contributed by atoms with van der Waals surface area (Å²) in [5, 5.41) is 0. The Morgan fingerprint density at radius 1 is 1.07 bits per heavy atom. The lowest BCUT2D eigenvalue weighted by atomic mass is 10.2. The molecule has 3 unspecified atom stereocenters. The molecule has 2 saturated heterocycles. The number of likely N-dealkylation sites (tertiary alicyclic amines) is 2. The molecule has 0 aromatic rings. The molecule has 3 heteroatoms. The summed E-state index contributed by atoms with van der Waals surface area (Å²) in [4.78, 5) is 5.36. The zero-order valence-electron chi connectivity index (χ0n) is 9.73. The maximum absolute atomic E-state index is 5.98. The van der Waals surface area contributed by atoms with E-state index in [1.807, 2.05) is 0 Å². The van der Waals surface area contributed by atoms with Crippen LogP contribution in [0.25, 0.3) is 0 Å². The van der Waals surface area contributed by atoms with Gasteiger partial charge in [0.05, 0.1) is 0 Å². The van der Waals surface area contributed by atoms with Crippen LogP contribution in [-0.4, -0.2) is 53.6 Å². The summed E-state index contributed by atoms with van der Waals surface area (Å²) in [5.41, 5.74) is 5.98. The maximum atomic E-state index is 5.98. The molecule has 0 amide bonds. The lowest BCUT2D eigenvalue weighted by molar-refractivity contribution is 0.218. The highest BCUT2D eigenvalue weighted by molar-refractivity contribution is 4.98. The molecule has 3 nitrogen and oxygen atoms in total. The monoisotopic (exact) mass is 209 g/mol. The third kappa shape index (κ3) is 1.93. The molecule has 0 spiro atoms. The van der Waals surface area contributed by atoms with Gasteiger partial charge in [-0.05, 0) is 32.6 Å². The van der Waals surface area contributed by atoms with Crippen molar-refractivity contribution in [1.29, 1.82) is 0 Å². The van der Waals surface area contributed by atoms with Crippen LogP contribution in [0.3, 0.4) is 0 Å². The fourth-order valence-electron chi connectivity index (χ4n) is 3.35. The zero-order chi connectivity index (χ0) is 10.4. The molecule has 86 valence electrons. The van der Waals surface area contributed by atoms with Crippen molar-refractivity contribution in [2.45, 2.75) is 56.8 Å². The predicted octanol–water partition coefficient (Wildman–Crippen LogP) is 0.645. The fourth-order valence-corrected chi connectivity index (χ4v) is 3.35. The standard InChI is InChI=1S/C12H23N3/c1-9-6-12(8-15(9)11-2-3-11)14-5-4-10(13)7-14/h9-12H,2-8,13H2,1H3. The molecular formula is C12H23N3. The van der Waals surface area contributed by atoms with E-state index in [0.717, 1.165) is 24.7 Å². The van der Waals surface area contributed by atoms with Gasteiger partial charge in [0.1, 0.15) is 0 Å². The van der Waals surface area contributed by atoms with Crippen LogP contribution < -0.4 is 5.73 Å². The fraction of sp³-hybridized carbons (Fsp3) is 1.00. The van der Waals surface area contributed by atoms with E-state index in [4.69, 9.17) is 5.73 Å². The largest absolute Gasteiger partial charge is 0.326 e. The van der Waals surface area contributed by atoms with E-state index < -0.39 is 0 Å². The van der Waals surface area contributed by atoms with Crippen molar-refractivity contribution < 1.29 is 0 Å². The smallest absolute Gasteiger partial charge is 0.0238 e. The van der Waals surface area contributed by atoms with E-state index in [1.165, 1.54) is 38.8 Å². The minimum atomic E-state index is 0.440. The average molecular weight is 209 g/mol. The van der Waals surface area contributed by atoms with Gasteiger partial charge in [0.15, 0.2) is 0 Å². The molecule has 0 radical (unpaired) electrons. The molecule has 1 aliphatic carbocycles. The summed E-state index contributed by atoms with van der Waals surface area (Å²) in [7, 11) is 0. The minimum Gasteiger partial charge on any atom is -0.326 e. The minimum absolute atomic E-state index is 0.440. The second-order valence-corrected chi connectivity index (χ2v) is 5.71. The van der Waals surface area contributed by atoms with Crippen molar-refractivity contribution in [3.8, 4) is 0 Å². The van der Waals surface area contributed by atoms with Gasteiger partial charge in [0, 0.05) is 43.8 Å². The average Bonchev–Trinajstić information content (AvgIpc) is 2.84. The summed E-state index contributed by atoms with van der Waals surface area (Å²) in [6.45, 7) is 6.07. The molecule has 3 rings (SSSR count). The predicted molar refractivity (Wildman–Crippen MR) is 61.8 cm³/mol. The van der Waals surface area contributed by atoms with Crippen LogP contribution in [-0.2, 0) is 0 Å². The van der Waals surface area contributed by atoms with Gasteiger partial charge in [0.25, 0.3) is 0 Å². The van der Waals surface area contributed by atoms with Gasteiger partial charge in [-0.2, -0.15) is 0 Å². The van der Waals surface area contributed by atoms with Crippen LogP contribution in [0.15, 0.2) is 0 Å². The molecule has 3 fully saturated rings. The zero-order valence-corrected chi connectivity index (χ0v) is 9.73. The van der Waals surface area contributed by atoms with Crippen molar-refractivity contribution in [2.75, 3.05) is 19.6 Å². The molecule has 1 saturated carbocycles. The first-order chi connectivity index (χ1) is 7.24. The Hall–Kier alpha value is -0.120. The summed E-state index contributed by atoms with van der Waals surface area (Å²) in [6, 6.07) is 2.98. The van der Waals surface area contributed by atoms with E-state index in [-0.39, 0.29) is 0 Å². The summed E-state index contributed by atoms with van der Waals surface area (Å²) < 4.78 is 0. The lowest BCUT2D eigenvalue weighted by Crippen LogP contribution is -2.38. The molecule has 0 aromatic carbocycles. The van der Waals surface area contributed by atoms with Crippen molar-refractivity contribution in [3.63, 3.8) is 0 Å². The maximum Gasteiger partial charge on any atom is 0.0238 e. The Labute approximate surface area is 92.6 Å². The third-order valence-corrected chi connectivity index (χ3v) is 4.39. The van der Waals surface area contributed by atoms with E-state index in [1.54, 1.807) is 0 Å². The van der Waals surface area contributed by atoms with Crippen LogP contribution in [0, 0.1) is 0 Å². The van der Waals surface area contributed by atoms with Crippen LogP contribution in [0.4, 0.5) is 0 Å². The molecule has 0 aromatic heterocycles. The number of hydrogen-bond donors (Lipinski definition) is 1. The van der Waals surface area contributed by atoms with E-state index in [2.05, 4.69) is 16.7 Å². The Kier molecular flexibility index (Phi) is 2.49. The van der Waals surface area contributed by atoms with E-state index in [9.17, 15) is 0 Å². The van der Waals surface area contributed by atoms with Gasteiger partial charge in [-0.25, -0.2) is 0 Å². The van der Waals surface area contributed by atoms with Gasteiger partial charge in [-0.3, -0.25) is 9.80 Å². The molecular weight excluding hydrogens is 186 g/mol. The molecule has 2 N–H and O–H groups in total. The SMILES string of the molecule is CC1CC(N2CCC(N)C2)CN1C1CC1. The third-order valence-electron chi connectivity index (χ3n) is 4.39. The first-order valence-corrected chi connectivity index (χ1v) is 6.49. The Balaban J connectivity index is 1.59. The van der Waals surface area contributed by atoms with Gasteiger partial charge >= 0.3 is 0 Å². The molecule has 0 bridgehead atoms. The van der Waals surface area contributed by atoms with Crippen molar-refractivity contribution >= 4 is 0 Å². The molecule has 3 atom stereocenters. The van der Waals surface area contributed by atoms with Crippen molar-refractivity contribution in [2.24, 2.45) is 5.73 Å². The topological polar surface area (TPSA) is 32.5 Å². The van der Waals surface area contributed by atoms with Gasteiger partial charge < -0.3 is 5.73 Å². The first kappa shape index (κ1) is 10.1. The van der Waals surface area contributed by atoms with Crippen LogP contribution >= 0.6 is 0 Å². The summed E-state index contributed by atoms with van der Waals surface area (Å²) >= 11 is 0. The normalized spacial score (nSPS) is 44.0. The van der Waals surface area contributed by atoms with Gasteiger partial charge in [0.2, 0.25) is 0 Å². The lowest BCUT2D eigenvalue weighted by Gasteiger charge is -2.24. The Morgan fingerprint density at radius 2 is 1.87 bits per heavy atom. The molecule has 15 heavy (non-hydrogen) atoms. The highest BCUT2D eigenvalue weighted by Crippen LogP contribution is 2.35. The number of nitrogens with zero attached hydrogens (tertiary/aromatic N) is 2. The van der Waals surface area contributed by atoms with Crippen molar-refractivity contribution in [1.82, 2.24) is 9.80 Å². The molecule has 2 aliphatic heterocycles. The second kappa shape index (κ2) is 3.72. The van der Waals surface area contributed by atoms with E-state index in [0.29, 0.717) is 6.04 Å². The van der Waals surface area contributed by atoms with Crippen LogP contribution in [0.1, 0.15) is 32.6 Å². The molecule has 2 heterocycles. The summed E-state index contributed by atoms with van der Waals surface area (Å²) in [5.74, 6) is 0. The molecule has 3 aliphatic rings. The first-order valence-electron chi connectivity index (χ1n) is 6.49. The highest BCUT2D eigenvalue weighted by atomic mass is 15.3. The van der Waals surface area contributed by atoms with Crippen LogP contribution in [0.2, 0.25) is 0 Å². The number of nitrogens with two attached hydrogens (primary N) is 1. The van der Waals surface area contributed by atoms with Crippen LogP contribution in [0.5, 0.6) is 0 Å². The second-order valence-electron chi connectivity index (χ2n) is 5.71. The Morgan fingerprint density at radius 3 is 2.47 bits per heavy atom. The quantitative estimate of drug-likeness (QED) is 0.724. The van der Waals surface area contributed by atoms with Gasteiger partial charge in [-0.1, -0.05) is 0 Å². The number of rotatable bonds is 2. The van der Waals surface area contributed by atoms with E-state index >= 15 is 0 Å². The van der Waals surface area contributed by atoms with Gasteiger partial charge in [-0.15, -0.1) is 0 Å². The summed E-state index contributed by atoms with van der Waals surface area (Å²) in [6.07, 6.45) is 5.45. The number of hydrogen-bond acceptors (Lipinski definition) is 3. The Bertz CT molecular complexity index is 239. The highest BCUT2D eigenvalue weighted by Gasteiger charge is 2.41. The van der Waals surface area contributed by atoms with Crippen molar-refractivity contribution in [3.05, 3.63) is 0 Å².